The van der Waals surface area contributed by atoms with Gasteiger partial charge < -0.3 is 41.0 Å². The summed E-state index contributed by atoms with van der Waals surface area (Å²) < 4.78 is 6.49. The van der Waals surface area contributed by atoms with Crippen molar-refractivity contribution in [1.29, 1.82) is 0 Å². The fourth-order valence-corrected chi connectivity index (χ4v) is 8.72. The van der Waals surface area contributed by atoms with Gasteiger partial charge in [0.15, 0.2) is 11.5 Å². The fraction of sp³-hybridized carbons (Fsp3) is 0.575. The van der Waals surface area contributed by atoms with E-state index >= 15 is 0 Å². The minimum absolute atomic E-state index is 0.0330. The minimum atomic E-state index is -1.17. The van der Waals surface area contributed by atoms with Gasteiger partial charge >= 0.3 is 0 Å². The predicted octanol–water partition coefficient (Wildman–Crippen LogP) is 5.26. The molecule has 10 atom stereocenters. The molecule has 9 nitrogen and oxygen atoms in total. The van der Waals surface area contributed by atoms with E-state index in [9.17, 15) is 25.5 Å². The van der Waals surface area contributed by atoms with Crippen molar-refractivity contribution >= 4 is 5.82 Å². The van der Waals surface area contributed by atoms with E-state index in [2.05, 4.69) is 28.7 Å². The molecule has 0 radical (unpaired) electrons. The van der Waals surface area contributed by atoms with Crippen LogP contribution in [0.2, 0.25) is 0 Å². The van der Waals surface area contributed by atoms with Gasteiger partial charge in [-0.25, -0.2) is 4.98 Å². The maximum Gasteiger partial charge on any atom is 0.161 e. The maximum absolute atomic E-state index is 11.5. The third kappa shape index (κ3) is 8.10. The van der Waals surface area contributed by atoms with Crippen LogP contribution >= 0.6 is 0 Å². The van der Waals surface area contributed by atoms with Crippen molar-refractivity contribution in [3.63, 3.8) is 0 Å². The van der Waals surface area contributed by atoms with Crippen molar-refractivity contribution in [2.45, 2.75) is 120 Å². The summed E-state index contributed by atoms with van der Waals surface area (Å²) in [5.74, 6) is 6.98. The van der Waals surface area contributed by atoms with E-state index in [1.807, 2.05) is 36.5 Å². The number of H-pyrrole nitrogens is 1. The minimum Gasteiger partial charge on any atom is -0.504 e. The summed E-state index contributed by atoms with van der Waals surface area (Å²) in [6.45, 7) is 2.21. The number of pyridine rings is 1. The number of aromatic nitrogens is 2. The number of aliphatic hydroxyl groups is 4. The number of rotatable bonds is 11. The van der Waals surface area contributed by atoms with Gasteiger partial charge in [-0.1, -0.05) is 25.3 Å². The Kier molecular flexibility index (Phi) is 11.2. The first-order valence-corrected chi connectivity index (χ1v) is 18.2. The Labute approximate surface area is 290 Å². The number of ether oxygens (including phenoxy) is 1. The zero-order valence-electron chi connectivity index (χ0n) is 28.5. The van der Waals surface area contributed by atoms with Crippen molar-refractivity contribution in [3.8, 4) is 23.3 Å². The lowest BCUT2D eigenvalue weighted by Crippen LogP contribution is -2.51. The zero-order valence-corrected chi connectivity index (χ0v) is 28.5. The lowest BCUT2D eigenvalue weighted by molar-refractivity contribution is -0.104. The van der Waals surface area contributed by atoms with Crippen molar-refractivity contribution in [3.05, 3.63) is 71.7 Å². The van der Waals surface area contributed by atoms with E-state index in [1.54, 1.807) is 18.3 Å². The number of benzene rings is 1. The number of aromatic hydroxyl groups is 1. The molecule has 2 fully saturated rings. The fourth-order valence-electron chi connectivity index (χ4n) is 8.72. The number of anilines is 1. The van der Waals surface area contributed by atoms with Crippen molar-refractivity contribution in [2.75, 3.05) is 5.73 Å². The van der Waals surface area contributed by atoms with Gasteiger partial charge in [0.1, 0.15) is 18.0 Å². The summed E-state index contributed by atoms with van der Waals surface area (Å²) in [5, 5.41) is 55.9. The Balaban J connectivity index is 1.20. The molecule has 2 saturated carbocycles. The molecule has 2 aromatic heterocycles. The van der Waals surface area contributed by atoms with Crippen LogP contribution in [0.1, 0.15) is 93.9 Å². The van der Waals surface area contributed by atoms with Crippen LogP contribution in [0.4, 0.5) is 5.82 Å². The van der Waals surface area contributed by atoms with Crippen LogP contribution in [0, 0.1) is 35.0 Å². The molecule has 9 heteroatoms. The number of aryl methyl sites for hydroxylation is 1. The number of nitrogens with one attached hydrogen (secondary N) is 1. The van der Waals surface area contributed by atoms with Gasteiger partial charge in [-0.2, -0.15) is 0 Å². The Morgan fingerprint density at radius 1 is 1.04 bits per heavy atom. The Morgan fingerprint density at radius 3 is 2.67 bits per heavy atom. The summed E-state index contributed by atoms with van der Waals surface area (Å²) >= 11 is 0. The summed E-state index contributed by atoms with van der Waals surface area (Å²) in [6, 6.07) is 12.9. The molecule has 0 spiro atoms. The number of phenolic OH excluding ortho intramolecular Hbond substituents is 1. The third-order valence-corrected chi connectivity index (χ3v) is 11.8. The van der Waals surface area contributed by atoms with E-state index in [4.69, 9.17) is 10.5 Å². The summed E-state index contributed by atoms with van der Waals surface area (Å²) in [7, 11) is 0. The summed E-state index contributed by atoms with van der Waals surface area (Å²) in [4.78, 5) is 7.46. The van der Waals surface area contributed by atoms with Crippen LogP contribution in [-0.4, -0.2) is 66.0 Å². The van der Waals surface area contributed by atoms with E-state index in [0.29, 0.717) is 44.3 Å². The highest BCUT2D eigenvalue weighted by molar-refractivity contribution is 5.42. The molecular formula is C40H53N3O6. The highest BCUT2D eigenvalue weighted by Crippen LogP contribution is 2.44. The van der Waals surface area contributed by atoms with Crippen molar-refractivity contribution in [2.24, 2.45) is 23.2 Å². The number of aromatic amines is 1. The van der Waals surface area contributed by atoms with Crippen LogP contribution in [-0.2, 0) is 12.8 Å². The third-order valence-electron chi connectivity index (χ3n) is 11.8. The monoisotopic (exact) mass is 671 g/mol. The largest absolute Gasteiger partial charge is 0.504 e. The number of hydrogen-bond donors (Lipinski definition) is 7. The number of nitrogen functional groups attached to an aromatic ring is 1. The SMILES string of the molecule is CCC12C#CCC(C(O)CCc3ccc(O)c(OC4C(O)C(O)CCC4C(Cc4ccc[nH]4)c4ccnc(N)c4)c3)C(O)C(CCC1)CC2. The molecule has 8 N–H and O–H groups in total. The second-order valence-corrected chi connectivity index (χ2v) is 14.8. The number of hydrogen-bond acceptors (Lipinski definition) is 8. The van der Waals surface area contributed by atoms with Crippen LogP contribution in [0.15, 0.2) is 54.9 Å². The molecule has 0 aliphatic heterocycles. The normalized spacial score (nSPS) is 31.3. The number of phenols is 1. The van der Waals surface area contributed by atoms with E-state index in [1.165, 1.54) is 0 Å². The van der Waals surface area contributed by atoms with Gasteiger partial charge in [0.25, 0.3) is 0 Å². The van der Waals surface area contributed by atoms with Gasteiger partial charge in [-0.3, -0.25) is 0 Å². The molecule has 1 aromatic carbocycles. The topological polar surface area (TPSA) is 165 Å². The first-order valence-electron chi connectivity index (χ1n) is 18.2. The highest BCUT2D eigenvalue weighted by Gasteiger charge is 2.44. The zero-order chi connectivity index (χ0) is 34.5. The maximum atomic E-state index is 11.5. The summed E-state index contributed by atoms with van der Waals surface area (Å²) in [6.07, 6.45) is 8.37. The molecule has 0 amide bonds. The second-order valence-electron chi connectivity index (χ2n) is 14.8. The average molecular weight is 672 g/mol. The molecule has 264 valence electrons. The van der Waals surface area contributed by atoms with E-state index in [0.717, 1.165) is 55.3 Å². The van der Waals surface area contributed by atoms with Gasteiger partial charge in [-0.15, -0.1) is 5.92 Å². The molecule has 6 rings (SSSR count). The Hall–Kier alpha value is -3.55. The lowest BCUT2D eigenvalue weighted by atomic mass is 9.71. The lowest BCUT2D eigenvalue weighted by Gasteiger charge is -2.42. The Morgan fingerprint density at radius 2 is 1.90 bits per heavy atom. The molecular weight excluding hydrogens is 618 g/mol. The average Bonchev–Trinajstić information content (AvgIpc) is 3.55. The molecule has 2 bridgehead atoms. The van der Waals surface area contributed by atoms with Gasteiger partial charge in [-0.05, 0) is 124 Å². The molecule has 3 aromatic rings. The number of fused-ring (bicyclic) bond motifs is 3. The first-order chi connectivity index (χ1) is 23.7. The molecule has 3 aliphatic rings. The Bertz CT molecular complexity index is 1590. The van der Waals surface area contributed by atoms with Gasteiger partial charge in [0, 0.05) is 41.8 Å². The quantitative estimate of drug-likeness (QED) is 0.136. The highest BCUT2D eigenvalue weighted by atomic mass is 16.5. The molecule has 0 saturated heterocycles. The van der Waals surface area contributed by atoms with Crippen LogP contribution < -0.4 is 10.5 Å². The van der Waals surface area contributed by atoms with E-state index in [-0.39, 0.29) is 40.6 Å². The predicted molar refractivity (Wildman–Crippen MR) is 189 cm³/mol. The standard InChI is InChI=1S/C40H53N3O6/c1-2-40-17-3-6-26(15-19-40)37(47)30(8-4-18-40)32(44)12-9-25-10-13-33(45)35(22-25)49-39-29(11-14-34(46)38(39)48)31(24-28-7-5-20-42-28)27-16-21-43-36(41)23-27/h5,7,10,13,16,20-23,26,29-32,34,37-39,42,44-48H,2-3,6,8-9,11-12,14-15,17,19,24H2,1H3,(H2,41,43). The van der Waals surface area contributed by atoms with Crippen molar-refractivity contribution < 1.29 is 30.3 Å². The summed E-state index contributed by atoms with van der Waals surface area (Å²) in [5.41, 5.74) is 8.96. The smallest absolute Gasteiger partial charge is 0.161 e. The van der Waals surface area contributed by atoms with Gasteiger partial charge in [0.05, 0.1) is 18.3 Å². The second kappa shape index (κ2) is 15.6. The van der Waals surface area contributed by atoms with Crippen LogP contribution in [0.25, 0.3) is 0 Å². The number of nitrogens with two attached hydrogens (primary N) is 1. The molecule has 10 unspecified atom stereocenters. The first kappa shape index (κ1) is 35.3. The molecule has 49 heavy (non-hydrogen) atoms. The molecule has 3 aliphatic carbocycles. The van der Waals surface area contributed by atoms with E-state index < -0.39 is 30.5 Å². The van der Waals surface area contributed by atoms with Gasteiger partial charge in [0.2, 0.25) is 0 Å². The van der Waals surface area contributed by atoms with Crippen molar-refractivity contribution in [1.82, 2.24) is 9.97 Å². The number of nitrogens with zero attached hydrogens (tertiary/aromatic N) is 1. The van der Waals surface area contributed by atoms with Crippen LogP contribution in [0.3, 0.4) is 0 Å². The molecule has 2 heterocycles. The number of aliphatic hydroxyl groups excluding tert-OH is 4. The van der Waals surface area contributed by atoms with Crippen LogP contribution in [0.5, 0.6) is 11.5 Å².